The molecule has 25 heavy (non-hydrogen) atoms. The summed E-state index contributed by atoms with van der Waals surface area (Å²) in [7, 11) is 0. The predicted molar refractivity (Wildman–Crippen MR) is 97.0 cm³/mol. The number of esters is 1. The molecule has 2 aromatic carbocycles. The molecule has 0 bridgehead atoms. The Morgan fingerprint density at radius 3 is 2.60 bits per heavy atom. The van der Waals surface area contributed by atoms with Crippen molar-refractivity contribution >= 4 is 29.2 Å². The van der Waals surface area contributed by atoms with E-state index in [1.165, 1.54) is 6.92 Å². The van der Waals surface area contributed by atoms with Crippen molar-refractivity contribution in [2.24, 2.45) is 0 Å². The second kappa shape index (κ2) is 8.53. The summed E-state index contributed by atoms with van der Waals surface area (Å²) in [5.41, 5.74) is 2.52. The van der Waals surface area contributed by atoms with Gasteiger partial charge in [-0.1, -0.05) is 23.7 Å². The molecule has 2 rings (SSSR count). The fourth-order valence-corrected chi connectivity index (χ4v) is 2.22. The lowest BCUT2D eigenvalue weighted by Crippen LogP contribution is -2.31. The molecule has 0 aliphatic rings. The Kier molecular flexibility index (Phi) is 6.42. The molecule has 0 saturated carbocycles. The van der Waals surface area contributed by atoms with Crippen molar-refractivity contribution in [1.29, 1.82) is 0 Å². The van der Waals surface area contributed by atoms with E-state index in [1.54, 1.807) is 24.3 Å². The monoisotopic (exact) mass is 361 g/mol. The van der Waals surface area contributed by atoms with Crippen LogP contribution in [0.4, 0.5) is 5.69 Å². The molecule has 0 aromatic heterocycles. The molecular formula is C19H20ClNO4. The number of anilines is 1. The summed E-state index contributed by atoms with van der Waals surface area (Å²) < 4.78 is 10.4. The maximum Gasteiger partial charge on any atom is 0.344 e. The van der Waals surface area contributed by atoms with Gasteiger partial charge in [-0.25, -0.2) is 4.79 Å². The summed E-state index contributed by atoms with van der Waals surface area (Å²) in [6, 6.07) is 12.4. The molecule has 132 valence electrons. The van der Waals surface area contributed by atoms with Gasteiger partial charge in [0.15, 0.2) is 12.7 Å². The van der Waals surface area contributed by atoms with Gasteiger partial charge in [-0.05, 0) is 62.2 Å². The van der Waals surface area contributed by atoms with Gasteiger partial charge in [-0.15, -0.1) is 0 Å². The zero-order valence-electron chi connectivity index (χ0n) is 14.3. The van der Waals surface area contributed by atoms with Crippen LogP contribution in [-0.4, -0.2) is 24.6 Å². The van der Waals surface area contributed by atoms with Crippen LogP contribution in [0.25, 0.3) is 0 Å². The lowest BCUT2D eigenvalue weighted by atomic mass is 10.2. The molecule has 0 saturated heterocycles. The number of ether oxygens (including phenoxy) is 2. The molecule has 0 spiro atoms. The van der Waals surface area contributed by atoms with Crippen LogP contribution < -0.4 is 10.1 Å². The van der Waals surface area contributed by atoms with Crippen molar-refractivity contribution in [3.63, 3.8) is 0 Å². The van der Waals surface area contributed by atoms with Crippen molar-refractivity contribution < 1.29 is 19.1 Å². The molecule has 0 radical (unpaired) electrons. The van der Waals surface area contributed by atoms with E-state index in [2.05, 4.69) is 5.32 Å². The summed E-state index contributed by atoms with van der Waals surface area (Å²) in [6.07, 6.45) is -0.927. The van der Waals surface area contributed by atoms with Gasteiger partial charge >= 0.3 is 5.97 Å². The summed E-state index contributed by atoms with van der Waals surface area (Å²) in [4.78, 5) is 23.9. The maximum atomic E-state index is 12.1. The highest BCUT2D eigenvalue weighted by atomic mass is 35.5. The summed E-state index contributed by atoms with van der Waals surface area (Å²) in [6.45, 7) is 4.98. The number of rotatable bonds is 6. The van der Waals surface area contributed by atoms with Gasteiger partial charge in [-0.2, -0.15) is 0 Å². The number of nitrogens with one attached hydrogen (secondary N) is 1. The van der Waals surface area contributed by atoms with Gasteiger partial charge < -0.3 is 14.8 Å². The maximum absolute atomic E-state index is 12.1. The van der Waals surface area contributed by atoms with Crippen LogP contribution >= 0.6 is 11.6 Å². The minimum absolute atomic E-state index is 0.289. The molecule has 0 heterocycles. The fraction of sp³-hybridized carbons (Fsp3) is 0.263. The molecule has 0 fully saturated rings. The highest BCUT2D eigenvalue weighted by molar-refractivity contribution is 6.31. The number of hydrogen-bond donors (Lipinski definition) is 1. The predicted octanol–water partition coefficient (Wildman–Crippen LogP) is 3.91. The van der Waals surface area contributed by atoms with E-state index in [-0.39, 0.29) is 6.61 Å². The number of benzene rings is 2. The van der Waals surface area contributed by atoms with E-state index < -0.39 is 18.0 Å². The zero-order chi connectivity index (χ0) is 18.4. The second-order valence-corrected chi connectivity index (χ2v) is 6.10. The molecule has 0 aliphatic heterocycles. The van der Waals surface area contributed by atoms with Crippen LogP contribution in [-0.2, 0) is 14.3 Å². The van der Waals surface area contributed by atoms with Gasteiger partial charge in [-0.3, -0.25) is 4.79 Å². The molecule has 2 aromatic rings. The van der Waals surface area contributed by atoms with E-state index in [0.29, 0.717) is 16.5 Å². The Bertz CT molecular complexity index is 776. The minimum atomic E-state index is -0.927. The number of halogens is 1. The normalized spacial score (nSPS) is 11.5. The van der Waals surface area contributed by atoms with Gasteiger partial charge in [0.05, 0.1) is 0 Å². The van der Waals surface area contributed by atoms with E-state index in [1.807, 2.05) is 32.0 Å². The number of carbonyl (C=O) groups excluding carboxylic acids is 2. The second-order valence-electron chi connectivity index (χ2n) is 5.69. The van der Waals surface area contributed by atoms with Crippen molar-refractivity contribution in [1.82, 2.24) is 0 Å². The number of aryl methyl sites for hydroxylation is 2. The lowest BCUT2D eigenvalue weighted by Gasteiger charge is -2.14. The van der Waals surface area contributed by atoms with E-state index >= 15 is 0 Å². The molecule has 1 amide bonds. The lowest BCUT2D eigenvalue weighted by molar-refractivity contribution is -0.155. The highest BCUT2D eigenvalue weighted by Gasteiger charge is 2.18. The summed E-state index contributed by atoms with van der Waals surface area (Å²) >= 11 is 5.93. The largest absolute Gasteiger partial charge is 0.482 e. The third-order valence-electron chi connectivity index (χ3n) is 3.45. The Labute approximate surface area is 151 Å². The van der Waals surface area contributed by atoms with Gasteiger partial charge in [0, 0.05) is 10.7 Å². The summed E-state index contributed by atoms with van der Waals surface area (Å²) in [5, 5.41) is 3.33. The molecule has 0 unspecified atom stereocenters. The first-order valence-corrected chi connectivity index (χ1v) is 8.19. The number of hydrogen-bond acceptors (Lipinski definition) is 4. The van der Waals surface area contributed by atoms with Crippen LogP contribution in [0.15, 0.2) is 42.5 Å². The van der Waals surface area contributed by atoms with Crippen molar-refractivity contribution in [2.45, 2.75) is 26.9 Å². The SMILES string of the molecule is Cc1cccc(NC(=O)[C@H](C)OC(=O)COc2ccc(Cl)c(C)c2)c1. The van der Waals surface area contributed by atoms with Crippen molar-refractivity contribution in [3.05, 3.63) is 58.6 Å². The zero-order valence-corrected chi connectivity index (χ0v) is 15.1. The van der Waals surface area contributed by atoms with E-state index in [4.69, 9.17) is 21.1 Å². The fourth-order valence-electron chi connectivity index (χ4n) is 2.10. The highest BCUT2D eigenvalue weighted by Crippen LogP contribution is 2.21. The molecule has 0 aliphatic carbocycles. The summed E-state index contributed by atoms with van der Waals surface area (Å²) in [5.74, 6) is -0.517. The Balaban J connectivity index is 1.82. The average Bonchev–Trinajstić information content (AvgIpc) is 2.56. The molecule has 1 N–H and O–H groups in total. The number of amides is 1. The smallest absolute Gasteiger partial charge is 0.344 e. The first kappa shape index (κ1) is 18.8. The Morgan fingerprint density at radius 1 is 1.16 bits per heavy atom. The third kappa shape index (κ3) is 5.80. The Hall–Kier alpha value is -2.53. The molecule has 1 atom stereocenters. The van der Waals surface area contributed by atoms with Crippen LogP contribution in [0.5, 0.6) is 5.75 Å². The van der Waals surface area contributed by atoms with Crippen LogP contribution in [0.3, 0.4) is 0 Å². The standard InChI is InChI=1S/C19H20ClNO4/c1-12-5-4-6-15(9-12)21-19(23)14(3)25-18(22)11-24-16-7-8-17(20)13(2)10-16/h4-10,14H,11H2,1-3H3,(H,21,23)/t14-/m0/s1. The molecular weight excluding hydrogens is 342 g/mol. The first-order chi connectivity index (χ1) is 11.8. The van der Waals surface area contributed by atoms with Crippen LogP contribution in [0, 0.1) is 13.8 Å². The number of carbonyl (C=O) groups is 2. The van der Waals surface area contributed by atoms with Gasteiger partial charge in [0.2, 0.25) is 0 Å². The van der Waals surface area contributed by atoms with Crippen molar-refractivity contribution in [3.8, 4) is 5.75 Å². The average molecular weight is 362 g/mol. The molecule has 5 nitrogen and oxygen atoms in total. The van der Waals surface area contributed by atoms with Gasteiger partial charge in [0.1, 0.15) is 5.75 Å². The molecule has 6 heteroatoms. The van der Waals surface area contributed by atoms with Crippen molar-refractivity contribution in [2.75, 3.05) is 11.9 Å². The van der Waals surface area contributed by atoms with Gasteiger partial charge in [0.25, 0.3) is 5.91 Å². The topological polar surface area (TPSA) is 64.6 Å². The van der Waals surface area contributed by atoms with E-state index in [9.17, 15) is 9.59 Å². The quantitative estimate of drug-likeness (QED) is 0.792. The van der Waals surface area contributed by atoms with Crippen LogP contribution in [0.1, 0.15) is 18.1 Å². The third-order valence-corrected chi connectivity index (χ3v) is 3.87. The van der Waals surface area contributed by atoms with Crippen LogP contribution in [0.2, 0.25) is 5.02 Å². The Morgan fingerprint density at radius 2 is 1.92 bits per heavy atom. The van der Waals surface area contributed by atoms with E-state index in [0.717, 1.165) is 11.1 Å². The minimum Gasteiger partial charge on any atom is -0.482 e. The first-order valence-electron chi connectivity index (χ1n) is 7.81.